The van der Waals surface area contributed by atoms with E-state index in [1.165, 1.54) is 6.42 Å². The first kappa shape index (κ1) is 16.4. The van der Waals surface area contributed by atoms with Gasteiger partial charge >= 0.3 is 0 Å². The quantitative estimate of drug-likeness (QED) is 0.765. The molecule has 2 unspecified atom stereocenters. The molecule has 0 saturated carbocycles. The third-order valence-corrected chi connectivity index (χ3v) is 4.01. The molecule has 1 rings (SSSR count). The zero-order chi connectivity index (χ0) is 14.5. The number of carbonyl (C=O) groups is 1. The number of carbonyl (C=O) groups excluding carboxylic acids is 1. The van der Waals surface area contributed by atoms with Crippen LogP contribution in [0.1, 0.15) is 46.5 Å². The smallest absolute Gasteiger partial charge is 0.242 e. The van der Waals surface area contributed by atoms with E-state index < -0.39 is 5.54 Å². The Morgan fingerprint density at radius 2 is 2.11 bits per heavy atom. The van der Waals surface area contributed by atoms with Crippen molar-refractivity contribution in [2.75, 3.05) is 33.2 Å². The molecule has 1 aliphatic heterocycles. The predicted molar refractivity (Wildman–Crippen MR) is 80.0 cm³/mol. The molecule has 0 aromatic heterocycles. The lowest BCUT2D eigenvalue weighted by molar-refractivity contribution is -0.135. The van der Waals surface area contributed by atoms with Gasteiger partial charge in [0.1, 0.15) is 0 Å². The Bertz CT molecular complexity index is 291. The van der Waals surface area contributed by atoms with Crippen molar-refractivity contribution in [1.82, 2.24) is 9.80 Å². The van der Waals surface area contributed by atoms with Gasteiger partial charge in [-0.2, -0.15) is 0 Å². The molecule has 2 N–H and O–H groups in total. The first-order valence-corrected chi connectivity index (χ1v) is 7.67. The fraction of sp³-hybridized carbons (Fsp3) is 0.933. The average Bonchev–Trinajstić information content (AvgIpc) is 2.76. The van der Waals surface area contributed by atoms with Crippen molar-refractivity contribution in [1.29, 1.82) is 0 Å². The number of nitrogens with zero attached hydrogens (tertiary/aromatic N) is 2. The van der Waals surface area contributed by atoms with Gasteiger partial charge in [-0.1, -0.05) is 20.3 Å². The maximum absolute atomic E-state index is 12.4. The number of hydrogen-bond acceptors (Lipinski definition) is 3. The zero-order valence-electron chi connectivity index (χ0n) is 13.1. The summed E-state index contributed by atoms with van der Waals surface area (Å²) in [7, 11) is 2.16. The SMILES string of the molecule is CCCN(C)CC1CCN(C(=O)C(C)(N)CCC)C1. The maximum atomic E-state index is 12.4. The molecule has 2 atom stereocenters. The summed E-state index contributed by atoms with van der Waals surface area (Å²) in [5.41, 5.74) is 5.46. The van der Waals surface area contributed by atoms with Crippen LogP contribution in [0.2, 0.25) is 0 Å². The van der Waals surface area contributed by atoms with E-state index in [9.17, 15) is 4.79 Å². The van der Waals surface area contributed by atoms with Gasteiger partial charge in [-0.25, -0.2) is 0 Å². The topological polar surface area (TPSA) is 49.6 Å². The van der Waals surface area contributed by atoms with E-state index in [0.717, 1.165) is 45.4 Å². The summed E-state index contributed by atoms with van der Waals surface area (Å²) in [6, 6.07) is 0. The average molecular weight is 269 g/mol. The lowest BCUT2D eigenvalue weighted by Crippen LogP contribution is -2.52. The molecular formula is C15H31N3O. The molecule has 4 nitrogen and oxygen atoms in total. The molecule has 0 aliphatic carbocycles. The Kier molecular flexibility index (Phi) is 6.27. The van der Waals surface area contributed by atoms with E-state index in [2.05, 4.69) is 25.8 Å². The standard InChI is InChI=1S/C15H31N3O/c1-5-8-15(3,16)14(19)18-10-7-13(12-18)11-17(4)9-6-2/h13H,5-12,16H2,1-4H3. The molecule has 1 amide bonds. The van der Waals surface area contributed by atoms with E-state index in [1.807, 2.05) is 11.8 Å². The van der Waals surface area contributed by atoms with Crippen LogP contribution in [0, 0.1) is 5.92 Å². The fourth-order valence-corrected chi connectivity index (χ4v) is 3.07. The van der Waals surface area contributed by atoms with Crippen LogP contribution in [0.25, 0.3) is 0 Å². The maximum Gasteiger partial charge on any atom is 0.242 e. The van der Waals surface area contributed by atoms with Gasteiger partial charge in [0.25, 0.3) is 0 Å². The van der Waals surface area contributed by atoms with Crippen LogP contribution in [0.15, 0.2) is 0 Å². The van der Waals surface area contributed by atoms with Gasteiger partial charge in [0, 0.05) is 19.6 Å². The van der Waals surface area contributed by atoms with E-state index in [1.54, 1.807) is 0 Å². The second kappa shape index (κ2) is 7.25. The highest BCUT2D eigenvalue weighted by molar-refractivity contribution is 5.85. The summed E-state index contributed by atoms with van der Waals surface area (Å²) < 4.78 is 0. The zero-order valence-corrected chi connectivity index (χ0v) is 13.1. The van der Waals surface area contributed by atoms with Crippen LogP contribution in [0.3, 0.4) is 0 Å². The lowest BCUT2D eigenvalue weighted by atomic mass is 9.96. The van der Waals surface area contributed by atoms with Gasteiger partial charge in [0.15, 0.2) is 0 Å². The summed E-state index contributed by atoms with van der Waals surface area (Å²) in [4.78, 5) is 16.7. The van der Waals surface area contributed by atoms with Crippen LogP contribution in [0.4, 0.5) is 0 Å². The molecule has 4 heteroatoms. The molecule has 1 aliphatic rings. The Hall–Kier alpha value is -0.610. The number of likely N-dealkylation sites (tertiary alicyclic amines) is 1. The second-order valence-corrected chi connectivity index (χ2v) is 6.34. The van der Waals surface area contributed by atoms with Crippen molar-refractivity contribution in [2.24, 2.45) is 11.7 Å². The third kappa shape index (κ3) is 4.77. The van der Waals surface area contributed by atoms with Crippen molar-refractivity contribution in [3.05, 3.63) is 0 Å². The van der Waals surface area contributed by atoms with Crippen molar-refractivity contribution in [3.63, 3.8) is 0 Å². The predicted octanol–water partition coefficient (Wildman–Crippen LogP) is 1.69. The summed E-state index contributed by atoms with van der Waals surface area (Å²) in [6.45, 7) is 10.1. The van der Waals surface area contributed by atoms with Gasteiger partial charge < -0.3 is 15.5 Å². The lowest BCUT2D eigenvalue weighted by Gasteiger charge is -2.29. The van der Waals surface area contributed by atoms with Crippen molar-refractivity contribution < 1.29 is 4.79 Å². The molecular weight excluding hydrogens is 238 g/mol. The monoisotopic (exact) mass is 269 g/mol. The summed E-state index contributed by atoms with van der Waals surface area (Å²) in [5.74, 6) is 0.743. The number of amides is 1. The van der Waals surface area contributed by atoms with E-state index in [-0.39, 0.29) is 5.91 Å². The molecule has 0 aromatic carbocycles. The van der Waals surface area contributed by atoms with E-state index >= 15 is 0 Å². The van der Waals surface area contributed by atoms with Gasteiger partial charge in [-0.15, -0.1) is 0 Å². The van der Waals surface area contributed by atoms with Gasteiger partial charge in [0.05, 0.1) is 5.54 Å². The van der Waals surface area contributed by atoms with Gasteiger partial charge in [-0.3, -0.25) is 4.79 Å². The Balaban J connectivity index is 2.45. The molecule has 0 aromatic rings. The van der Waals surface area contributed by atoms with Crippen molar-refractivity contribution >= 4 is 5.91 Å². The number of rotatable bonds is 7. The van der Waals surface area contributed by atoms with Crippen molar-refractivity contribution in [2.45, 2.75) is 52.0 Å². The molecule has 112 valence electrons. The largest absolute Gasteiger partial charge is 0.341 e. The highest BCUT2D eigenvalue weighted by atomic mass is 16.2. The van der Waals surface area contributed by atoms with E-state index in [4.69, 9.17) is 5.73 Å². The first-order chi connectivity index (χ1) is 8.90. The molecule has 1 heterocycles. The Labute approximate surface area is 118 Å². The molecule has 0 radical (unpaired) electrons. The Morgan fingerprint density at radius 1 is 1.42 bits per heavy atom. The van der Waals surface area contributed by atoms with Crippen molar-refractivity contribution in [3.8, 4) is 0 Å². The molecule has 0 spiro atoms. The van der Waals surface area contributed by atoms with Crippen LogP contribution >= 0.6 is 0 Å². The minimum Gasteiger partial charge on any atom is -0.341 e. The summed E-state index contributed by atoms with van der Waals surface area (Å²) in [5, 5.41) is 0. The van der Waals surface area contributed by atoms with Gasteiger partial charge in [0.2, 0.25) is 5.91 Å². The normalized spacial score (nSPS) is 22.8. The molecule has 19 heavy (non-hydrogen) atoms. The van der Waals surface area contributed by atoms with Gasteiger partial charge in [-0.05, 0) is 45.7 Å². The molecule has 0 bridgehead atoms. The molecule has 1 saturated heterocycles. The second-order valence-electron chi connectivity index (χ2n) is 6.34. The fourth-order valence-electron chi connectivity index (χ4n) is 3.07. The summed E-state index contributed by atoms with van der Waals surface area (Å²) >= 11 is 0. The summed E-state index contributed by atoms with van der Waals surface area (Å²) in [6.07, 6.45) is 4.02. The third-order valence-electron chi connectivity index (χ3n) is 4.01. The van der Waals surface area contributed by atoms with Crippen LogP contribution in [-0.2, 0) is 4.79 Å². The van der Waals surface area contributed by atoms with Crippen LogP contribution in [0.5, 0.6) is 0 Å². The molecule has 1 fully saturated rings. The first-order valence-electron chi connectivity index (χ1n) is 7.67. The highest BCUT2D eigenvalue weighted by Crippen LogP contribution is 2.21. The van der Waals surface area contributed by atoms with Crippen LogP contribution in [-0.4, -0.2) is 54.5 Å². The minimum absolute atomic E-state index is 0.134. The minimum atomic E-state index is -0.682. The van der Waals surface area contributed by atoms with Crippen LogP contribution < -0.4 is 5.73 Å². The number of nitrogens with two attached hydrogens (primary N) is 1. The highest BCUT2D eigenvalue weighted by Gasteiger charge is 2.35. The van der Waals surface area contributed by atoms with E-state index in [0.29, 0.717) is 5.92 Å². The number of hydrogen-bond donors (Lipinski definition) is 1. The Morgan fingerprint density at radius 3 is 2.68 bits per heavy atom.